The summed E-state index contributed by atoms with van der Waals surface area (Å²) in [6.45, 7) is 5.11. The van der Waals surface area contributed by atoms with Gasteiger partial charge in [0.2, 0.25) is 5.91 Å². The smallest absolute Gasteiger partial charge is 0.227 e. The average Bonchev–Trinajstić information content (AvgIpc) is 3.03. The molecular weight excluding hydrogens is 286 g/mol. The van der Waals surface area contributed by atoms with Crippen LogP contribution in [0, 0.1) is 5.92 Å². The Labute approximate surface area is 140 Å². The topological polar surface area (TPSA) is 26.8 Å². The lowest BCUT2D eigenvalue weighted by molar-refractivity contribution is -0.136. The van der Waals surface area contributed by atoms with Gasteiger partial charge in [-0.3, -0.25) is 9.69 Å². The van der Waals surface area contributed by atoms with Crippen LogP contribution in [0.2, 0.25) is 0 Å². The maximum absolute atomic E-state index is 12.8. The van der Waals surface area contributed by atoms with Crippen molar-refractivity contribution in [2.75, 3.05) is 40.3 Å². The predicted molar refractivity (Wildman–Crippen MR) is 93.1 cm³/mol. The van der Waals surface area contributed by atoms with Crippen molar-refractivity contribution in [1.29, 1.82) is 0 Å². The molecule has 2 heterocycles. The fourth-order valence-electron chi connectivity index (χ4n) is 3.87. The third-order valence-electron chi connectivity index (χ3n) is 5.45. The zero-order valence-corrected chi connectivity index (χ0v) is 14.4. The van der Waals surface area contributed by atoms with Gasteiger partial charge in [0.25, 0.3) is 0 Å². The van der Waals surface area contributed by atoms with Gasteiger partial charge in [-0.15, -0.1) is 0 Å². The fourth-order valence-corrected chi connectivity index (χ4v) is 3.87. The van der Waals surface area contributed by atoms with E-state index in [-0.39, 0.29) is 5.92 Å². The van der Waals surface area contributed by atoms with Crippen molar-refractivity contribution in [3.63, 3.8) is 0 Å². The van der Waals surface area contributed by atoms with Crippen LogP contribution in [0.3, 0.4) is 0 Å². The molecular formula is C19H29N3O. The summed E-state index contributed by atoms with van der Waals surface area (Å²) in [4.78, 5) is 19.6. The molecule has 0 aliphatic carbocycles. The van der Waals surface area contributed by atoms with E-state index in [1.54, 1.807) is 0 Å². The predicted octanol–water partition coefficient (Wildman–Crippen LogP) is 2.06. The van der Waals surface area contributed by atoms with Gasteiger partial charge in [-0.05, 0) is 51.5 Å². The molecule has 0 spiro atoms. The Balaban J connectivity index is 1.51. The van der Waals surface area contributed by atoms with Crippen LogP contribution < -0.4 is 0 Å². The lowest BCUT2D eigenvalue weighted by Crippen LogP contribution is -2.46. The molecule has 2 aliphatic heterocycles. The molecule has 126 valence electrons. The Morgan fingerprint density at radius 3 is 2.52 bits per heavy atom. The van der Waals surface area contributed by atoms with E-state index in [1.807, 2.05) is 11.9 Å². The first-order valence-corrected chi connectivity index (χ1v) is 8.85. The molecule has 0 saturated carbocycles. The number of likely N-dealkylation sites (tertiary alicyclic amines) is 2. The molecule has 1 amide bonds. The molecule has 0 bridgehead atoms. The minimum absolute atomic E-state index is 0.184. The summed E-state index contributed by atoms with van der Waals surface area (Å²) < 4.78 is 0. The van der Waals surface area contributed by atoms with Crippen molar-refractivity contribution in [3.05, 3.63) is 35.9 Å². The maximum Gasteiger partial charge on any atom is 0.227 e. The molecule has 1 aromatic carbocycles. The highest BCUT2D eigenvalue weighted by Crippen LogP contribution is 2.23. The number of carbonyl (C=O) groups is 1. The number of benzene rings is 1. The first-order chi connectivity index (χ1) is 11.1. The minimum atomic E-state index is 0.184. The number of hydrogen-bond donors (Lipinski definition) is 0. The molecule has 2 fully saturated rings. The van der Waals surface area contributed by atoms with Crippen molar-refractivity contribution in [1.82, 2.24) is 14.7 Å². The van der Waals surface area contributed by atoms with Crippen molar-refractivity contribution in [3.8, 4) is 0 Å². The van der Waals surface area contributed by atoms with Crippen LogP contribution >= 0.6 is 0 Å². The van der Waals surface area contributed by atoms with E-state index in [2.05, 4.69) is 47.2 Å². The third-order valence-corrected chi connectivity index (χ3v) is 5.45. The summed E-state index contributed by atoms with van der Waals surface area (Å²) in [5, 5.41) is 0. The zero-order chi connectivity index (χ0) is 16.2. The Hall–Kier alpha value is -1.39. The first kappa shape index (κ1) is 16.5. The van der Waals surface area contributed by atoms with E-state index in [0.29, 0.717) is 11.9 Å². The van der Waals surface area contributed by atoms with E-state index in [4.69, 9.17) is 0 Å². The van der Waals surface area contributed by atoms with Gasteiger partial charge >= 0.3 is 0 Å². The molecule has 4 heteroatoms. The maximum atomic E-state index is 12.8. The molecule has 1 unspecified atom stereocenters. The van der Waals surface area contributed by atoms with Gasteiger partial charge in [0.1, 0.15) is 0 Å². The molecule has 23 heavy (non-hydrogen) atoms. The van der Waals surface area contributed by atoms with Crippen molar-refractivity contribution in [2.24, 2.45) is 5.92 Å². The summed E-state index contributed by atoms with van der Waals surface area (Å²) in [5.41, 5.74) is 1.34. The molecule has 4 nitrogen and oxygen atoms in total. The Kier molecular flexibility index (Phi) is 5.34. The highest BCUT2D eigenvalue weighted by molar-refractivity contribution is 5.79. The number of piperidine rings is 1. The van der Waals surface area contributed by atoms with E-state index in [0.717, 1.165) is 52.0 Å². The van der Waals surface area contributed by atoms with Gasteiger partial charge in [0.15, 0.2) is 0 Å². The standard InChI is InChI=1S/C19H29N3O/c1-20-11-9-18(10-12-20)21(2)19(23)17-8-13-22(15-17)14-16-6-4-3-5-7-16/h3-7,17-18H,8-15H2,1-2H3. The number of hydrogen-bond acceptors (Lipinski definition) is 3. The van der Waals surface area contributed by atoms with Gasteiger partial charge in [0, 0.05) is 26.2 Å². The highest BCUT2D eigenvalue weighted by atomic mass is 16.2. The molecule has 1 atom stereocenters. The summed E-state index contributed by atoms with van der Waals surface area (Å²) in [6.07, 6.45) is 3.22. The van der Waals surface area contributed by atoms with Gasteiger partial charge < -0.3 is 9.80 Å². The lowest BCUT2D eigenvalue weighted by atomic mass is 10.0. The summed E-state index contributed by atoms with van der Waals surface area (Å²) in [6, 6.07) is 11.0. The molecule has 0 radical (unpaired) electrons. The summed E-state index contributed by atoms with van der Waals surface area (Å²) in [5.74, 6) is 0.540. The van der Waals surface area contributed by atoms with E-state index < -0.39 is 0 Å². The molecule has 1 aromatic rings. The SMILES string of the molecule is CN1CCC(N(C)C(=O)C2CCN(Cc3ccccc3)C2)CC1. The normalized spacial score (nSPS) is 24.0. The lowest BCUT2D eigenvalue weighted by Gasteiger charge is -2.36. The van der Waals surface area contributed by atoms with Crippen LogP contribution in [-0.4, -0.2) is 66.9 Å². The van der Waals surface area contributed by atoms with Crippen molar-refractivity contribution >= 4 is 5.91 Å². The van der Waals surface area contributed by atoms with E-state index >= 15 is 0 Å². The largest absolute Gasteiger partial charge is 0.342 e. The van der Waals surface area contributed by atoms with Gasteiger partial charge in [-0.25, -0.2) is 0 Å². The van der Waals surface area contributed by atoms with Crippen molar-refractivity contribution < 1.29 is 4.79 Å². The van der Waals surface area contributed by atoms with Crippen LogP contribution in [0.5, 0.6) is 0 Å². The molecule has 2 saturated heterocycles. The van der Waals surface area contributed by atoms with Gasteiger partial charge in [-0.2, -0.15) is 0 Å². The Morgan fingerprint density at radius 1 is 1.13 bits per heavy atom. The quantitative estimate of drug-likeness (QED) is 0.851. The Bertz CT molecular complexity index is 511. The van der Waals surface area contributed by atoms with Crippen LogP contribution in [0.4, 0.5) is 0 Å². The second-order valence-electron chi connectivity index (χ2n) is 7.19. The molecule has 0 aromatic heterocycles. The van der Waals surface area contributed by atoms with E-state index in [1.165, 1.54) is 5.56 Å². The second kappa shape index (κ2) is 7.45. The monoisotopic (exact) mass is 315 g/mol. The highest BCUT2D eigenvalue weighted by Gasteiger charge is 2.33. The second-order valence-corrected chi connectivity index (χ2v) is 7.19. The molecule has 2 aliphatic rings. The van der Waals surface area contributed by atoms with Crippen LogP contribution in [0.1, 0.15) is 24.8 Å². The first-order valence-electron chi connectivity index (χ1n) is 8.85. The van der Waals surface area contributed by atoms with E-state index in [9.17, 15) is 4.79 Å². The van der Waals surface area contributed by atoms with Crippen LogP contribution in [0.25, 0.3) is 0 Å². The molecule has 3 rings (SSSR count). The summed E-state index contributed by atoms with van der Waals surface area (Å²) >= 11 is 0. The fraction of sp³-hybridized carbons (Fsp3) is 0.632. The average molecular weight is 315 g/mol. The minimum Gasteiger partial charge on any atom is -0.342 e. The number of rotatable bonds is 4. The third kappa shape index (κ3) is 4.12. The number of nitrogens with zero attached hydrogens (tertiary/aromatic N) is 3. The zero-order valence-electron chi connectivity index (χ0n) is 14.4. The van der Waals surface area contributed by atoms with Gasteiger partial charge in [-0.1, -0.05) is 30.3 Å². The number of amides is 1. The summed E-state index contributed by atoms with van der Waals surface area (Å²) in [7, 11) is 4.18. The van der Waals surface area contributed by atoms with Crippen molar-refractivity contribution in [2.45, 2.75) is 31.8 Å². The van der Waals surface area contributed by atoms with Crippen LogP contribution in [-0.2, 0) is 11.3 Å². The number of carbonyl (C=O) groups excluding carboxylic acids is 1. The van der Waals surface area contributed by atoms with Gasteiger partial charge in [0.05, 0.1) is 5.92 Å². The Morgan fingerprint density at radius 2 is 1.83 bits per heavy atom. The van der Waals surface area contributed by atoms with Crippen LogP contribution in [0.15, 0.2) is 30.3 Å². The molecule has 0 N–H and O–H groups in total.